The number of carbonyl (C=O) groups is 3. The van der Waals surface area contributed by atoms with Crippen molar-refractivity contribution in [3.63, 3.8) is 0 Å². The molecule has 1 aliphatic rings. The van der Waals surface area contributed by atoms with E-state index in [0.717, 1.165) is 6.07 Å². The van der Waals surface area contributed by atoms with E-state index in [2.05, 4.69) is 15.6 Å². The highest BCUT2D eigenvalue weighted by atomic mass is 32.2. The topological polar surface area (TPSA) is 114 Å². The first kappa shape index (κ1) is 29.9. The molecular weight excluding hydrogens is 568 g/mol. The van der Waals surface area contributed by atoms with Crippen LogP contribution in [-0.4, -0.2) is 41.5 Å². The second-order valence-electron chi connectivity index (χ2n) is 9.20. The van der Waals surface area contributed by atoms with Crippen molar-refractivity contribution in [1.29, 1.82) is 0 Å². The van der Waals surface area contributed by atoms with Gasteiger partial charge in [-0.25, -0.2) is 9.18 Å². The smallest absolute Gasteiger partial charge is 0.442 e. The quantitative estimate of drug-likeness (QED) is 0.144. The van der Waals surface area contributed by atoms with Gasteiger partial charge in [-0.05, 0) is 71.1 Å². The van der Waals surface area contributed by atoms with Crippen LogP contribution in [-0.2, 0) is 9.74 Å². The molecule has 216 valence electrons. The molecule has 13 heteroatoms. The molecule has 4 rings (SSSR count). The van der Waals surface area contributed by atoms with Crippen LogP contribution in [0.3, 0.4) is 0 Å². The van der Waals surface area contributed by atoms with Crippen LogP contribution >= 0.6 is 11.8 Å². The minimum Gasteiger partial charge on any atom is -0.496 e. The van der Waals surface area contributed by atoms with Crippen molar-refractivity contribution in [3.8, 4) is 16.9 Å². The molecule has 0 spiro atoms. The van der Waals surface area contributed by atoms with Gasteiger partial charge in [0.1, 0.15) is 11.6 Å². The average molecular weight is 593 g/mol. The maximum Gasteiger partial charge on any atom is 0.442 e. The Hall–Kier alpha value is -4.10. The van der Waals surface area contributed by atoms with Crippen LogP contribution in [0.15, 0.2) is 65.6 Å². The Kier molecular flexibility index (Phi) is 9.18. The van der Waals surface area contributed by atoms with E-state index >= 15 is 0 Å². The van der Waals surface area contributed by atoms with Gasteiger partial charge < -0.3 is 20.5 Å². The Morgan fingerprint density at radius 2 is 1.80 bits per heavy atom. The number of anilines is 1. The third kappa shape index (κ3) is 7.16. The molecule has 0 bridgehead atoms. The molecule has 2 unspecified atom stereocenters. The summed E-state index contributed by atoms with van der Waals surface area (Å²) in [6, 6.07) is 12.7. The van der Waals surface area contributed by atoms with E-state index in [1.54, 1.807) is 0 Å². The monoisotopic (exact) mass is 592 g/mol. The van der Waals surface area contributed by atoms with Crippen molar-refractivity contribution >= 4 is 35.2 Å². The average Bonchev–Trinajstić information content (AvgIpc) is 3.41. The zero-order valence-corrected chi connectivity index (χ0v) is 22.3. The summed E-state index contributed by atoms with van der Waals surface area (Å²) >= 11 is -0.174. The second-order valence-corrected chi connectivity index (χ2v) is 10.3. The number of aromatic carboxylic acids is 1. The molecule has 0 radical (unpaired) electrons. The van der Waals surface area contributed by atoms with Gasteiger partial charge in [0.25, 0.3) is 5.91 Å². The van der Waals surface area contributed by atoms with Crippen molar-refractivity contribution in [3.05, 3.63) is 77.6 Å². The van der Waals surface area contributed by atoms with E-state index in [9.17, 15) is 37.2 Å². The fraction of sp³-hybridized carbons (Fsp3) is 0.250. The predicted molar refractivity (Wildman–Crippen MR) is 142 cm³/mol. The van der Waals surface area contributed by atoms with E-state index in [1.807, 2.05) is 0 Å². The number of amides is 2. The molecule has 1 saturated carbocycles. The van der Waals surface area contributed by atoms with Crippen LogP contribution in [0.4, 0.5) is 23.4 Å². The predicted octanol–water partition coefficient (Wildman–Crippen LogP) is 6.28. The maximum absolute atomic E-state index is 14.9. The Labute approximate surface area is 235 Å². The van der Waals surface area contributed by atoms with Gasteiger partial charge in [-0.15, -0.1) is 4.94 Å². The van der Waals surface area contributed by atoms with Crippen LogP contribution in [0.25, 0.3) is 11.1 Å². The third-order valence-electron chi connectivity index (χ3n) is 6.55. The molecule has 2 amide bonds. The van der Waals surface area contributed by atoms with Gasteiger partial charge in [-0.1, -0.05) is 24.6 Å². The first-order chi connectivity index (χ1) is 19.5. The lowest BCUT2D eigenvalue weighted by Crippen LogP contribution is -2.42. The number of methoxy groups -OCH3 is 1. The number of halogens is 4. The lowest BCUT2D eigenvalue weighted by Gasteiger charge is -2.22. The number of carbonyl (C=O) groups excluding carboxylic acids is 2. The highest BCUT2D eigenvalue weighted by Crippen LogP contribution is 2.38. The molecule has 0 aliphatic heterocycles. The van der Waals surface area contributed by atoms with Crippen molar-refractivity contribution in [2.24, 2.45) is 5.92 Å². The van der Waals surface area contributed by atoms with Crippen molar-refractivity contribution in [2.75, 3.05) is 12.4 Å². The van der Waals surface area contributed by atoms with E-state index in [4.69, 9.17) is 4.74 Å². The number of nitrogens with one attached hydrogen (secondary N) is 2. The Balaban J connectivity index is 1.52. The number of carboxylic acids is 1. The normalized spacial score (nSPS) is 16.7. The van der Waals surface area contributed by atoms with E-state index in [1.165, 1.54) is 61.7 Å². The number of thioether (sulfide) groups is 1. The molecule has 3 aromatic rings. The minimum atomic E-state index is -4.09. The van der Waals surface area contributed by atoms with Crippen LogP contribution in [0.2, 0.25) is 0 Å². The number of hydrogen-bond acceptors (Lipinski definition) is 6. The fourth-order valence-corrected chi connectivity index (χ4v) is 5.30. The van der Waals surface area contributed by atoms with Gasteiger partial charge in [0.2, 0.25) is 5.91 Å². The van der Waals surface area contributed by atoms with Gasteiger partial charge in [0.05, 0.1) is 24.2 Å². The minimum absolute atomic E-state index is 0.0127. The first-order valence-electron chi connectivity index (χ1n) is 12.3. The molecule has 0 saturated heterocycles. The number of alkyl halides is 2. The first-order valence-corrected chi connectivity index (χ1v) is 13.1. The third-order valence-corrected chi connectivity index (χ3v) is 7.34. The van der Waals surface area contributed by atoms with Crippen molar-refractivity contribution in [1.82, 2.24) is 5.32 Å². The Morgan fingerprint density at radius 3 is 2.51 bits per heavy atom. The number of rotatable bonds is 10. The van der Waals surface area contributed by atoms with Crippen molar-refractivity contribution in [2.45, 2.75) is 35.6 Å². The highest BCUT2D eigenvalue weighted by molar-refractivity contribution is 8.00. The fourth-order valence-electron chi connectivity index (χ4n) is 4.66. The molecule has 1 aliphatic carbocycles. The molecule has 41 heavy (non-hydrogen) atoms. The van der Waals surface area contributed by atoms with Gasteiger partial charge in [0, 0.05) is 28.3 Å². The zero-order chi connectivity index (χ0) is 29.7. The van der Waals surface area contributed by atoms with E-state index < -0.39 is 41.0 Å². The SMILES string of the molecule is COc1cc(F)c(-c2cccc(C(=O)O)c2)cc1C(=O)NC1CCCC1C(=O)Nc1cccc(SC(F)(F)OF)c1. The summed E-state index contributed by atoms with van der Waals surface area (Å²) < 4.78 is 58.6. The molecule has 3 N–H and O–H groups in total. The largest absolute Gasteiger partial charge is 0.496 e. The molecule has 8 nitrogen and oxygen atoms in total. The number of hydrogen-bond donors (Lipinski definition) is 3. The Morgan fingerprint density at radius 1 is 1.05 bits per heavy atom. The number of benzene rings is 3. The van der Waals surface area contributed by atoms with Crippen molar-refractivity contribution < 1.29 is 46.9 Å². The van der Waals surface area contributed by atoms with E-state index in [-0.39, 0.29) is 50.3 Å². The number of ether oxygens (including phenoxy) is 1. The molecule has 0 heterocycles. The molecule has 1 fully saturated rings. The Bertz CT molecular complexity index is 1470. The van der Waals surface area contributed by atoms with Crippen LogP contribution in [0.5, 0.6) is 5.75 Å². The maximum atomic E-state index is 14.9. The molecule has 0 aromatic heterocycles. The highest BCUT2D eigenvalue weighted by Gasteiger charge is 2.36. The molecular formula is C28H24F4N2O6S. The van der Waals surface area contributed by atoms with Gasteiger partial charge in [0.15, 0.2) is 0 Å². The summed E-state index contributed by atoms with van der Waals surface area (Å²) in [4.78, 5) is 40.4. The van der Waals surface area contributed by atoms with E-state index in [0.29, 0.717) is 19.3 Å². The number of carboxylic acid groups (broad SMARTS) is 1. The summed E-state index contributed by atoms with van der Waals surface area (Å²) in [7, 11) is 1.27. The second kappa shape index (κ2) is 12.6. The summed E-state index contributed by atoms with van der Waals surface area (Å²) in [6.45, 7) is 0. The molecule has 2 atom stereocenters. The zero-order valence-electron chi connectivity index (χ0n) is 21.5. The lowest BCUT2D eigenvalue weighted by molar-refractivity contribution is -0.300. The van der Waals surface area contributed by atoms with Gasteiger partial charge >= 0.3 is 11.4 Å². The van der Waals surface area contributed by atoms with Crippen LogP contribution in [0, 0.1) is 11.7 Å². The van der Waals surface area contributed by atoms with Crippen LogP contribution in [0.1, 0.15) is 40.0 Å². The van der Waals surface area contributed by atoms with Gasteiger partial charge in [-0.3, -0.25) is 9.59 Å². The summed E-state index contributed by atoms with van der Waals surface area (Å²) in [5.41, 5.74) is -3.74. The van der Waals surface area contributed by atoms with Crippen LogP contribution < -0.4 is 15.4 Å². The summed E-state index contributed by atoms with van der Waals surface area (Å²) in [5, 5.41) is 14.7. The lowest BCUT2D eigenvalue weighted by atomic mass is 9.98. The summed E-state index contributed by atoms with van der Waals surface area (Å²) in [6.07, 6.45) is 1.52. The summed E-state index contributed by atoms with van der Waals surface area (Å²) in [5.74, 6) is -3.73. The standard InChI is InChI=1S/C28H24F4N2O6S/c1-39-24-14-22(29)20(15-5-2-6-16(11-15)27(37)38)13-21(24)26(36)34-23-10-4-9-19(23)25(35)33-17-7-3-8-18(12-17)41-28(30,31)40-32/h2-3,5-8,11-14,19,23H,4,9-10H2,1H3,(H,33,35)(H,34,36)(H,37,38). The van der Waals surface area contributed by atoms with Gasteiger partial charge in [-0.2, -0.15) is 8.78 Å². The molecule has 3 aromatic carbocycles.